The normalized spacial score (nSPS) is 10.3. The average Bonchev–Trinajstić information content (AvgIpc) is 2.95. The topological polar surface area (TPSA) is 70.7 Å². The summed E-state index contributed by atoms with van der Waals surface area (Å²) in [6, 6.07) is 3.93. The van der Waals surface area contributed by atoms with Crippen LogP contribution in [0.2, 0.25) is 0 Å². The highest BCUT2D eigenvalue weighted by molar-refractivity contribution is 7.99. The van der Waals surface area contributed by atoms with E-state index in [2.05, 4.69) is 20.5 Å². The molecule has 84 valence electrons. The lowest BCUT2D eigenvalue weighted by Crippen LogP contribution is -2.19. The molecule has 1 amide bonds. The van der Waals surface area contributed by atoms with Crippen LogP contribution in [0.1, 0.15) is 0 Å². The number of carbonyl (C=O) groups excluding carboxylic acids is 1. The van der Waals surface area contributed by atoms with Crippen LogP contribution in [0.4, 0.5) is 0 Å². The van der Waals surface area contributed by atoms with Crippen molar-refractivity contribution in [2.45, 2.75) is 5.16 Å². The number of H-pyrrole nitrogens is 1. The van der Waals surface area contributed by atoms with E-state index in [4.69, 9.17) is 0 Å². The quantitative estimate of drug-likeness (QED) is 0.808. The monoisotopic (exact) mass is 254 g/mol. The molecule has 0 radical (unpaired) electrons. The van der Waals surface area contributed by atoms with Crippen LogP contribution >= 0.6 is 23.1 Å². The van der Waals surface area contributed by atoms with Crippen molar-refractivity contribution in [2.75, 3.05) is 12.8 Å². The summed E-state index contributed by atoms with van der Waals surface area (Å²) < 4.78 is 0. The number of hydrogen-bond donors (Lipinski definition) is 2. The van der Waals surface area contributed by atoms with Gasteiger partial charge in [-0.2, -0.15) is 0 Å². The summed E-state index contributed by atoms with van der Waals surface area (Å²) in [5.41, 5.74) is 0. The summed E-state index contributed by atoms with van der Waals surface area (Å²) >= 11 is 2.91. The van der Waals surface area contributed by atoms with Crippen LogP contribution in [-0.2, 0) is 4.79 Å². The Bertz CT molecular complexity index is 466. The molecule has 16 heavy (non-hydrogen) atoms. The minimum Gasteiger partial charge on any atom is -0.358 e. The molecule has 0 spiro atoms. The van der Waals surface area contributed by atoms with Crippen molar-refractivity contribution < 1.29 is 4.79 Å². The molecule has 0 saturated carbocycles. The first-order valence-corrected chi connectivity index (χ1v) is 6.46. The highest BCUT2D eigenvalue weighted by Crippen LogP contribution is 2.22. The molecule has 5 nitrogen and oxygen atoms in total. The second-order valence-corrected chi connectivity index (χ2v) is 4.80. The SMILES string of the molecule is CNC(=O)CSc1n[nH]c(-c2cccs2)n1. The zero-order valence-corrected chi connectivity index (χ0v) is 10.2. The molecule has 0 fully saturated rings. The zero-order valence-electron chi connectivity index (χ0n) is 8.56. The fourth-order valence-electron chi connectivity index (χ4n) is 1.04. The molecule has 0 aromatic carbocycles. The molecule has 2 heterocycles. The summed E-state index contributed by atoms with van der Waals surface area (Å²) in [5.74, 6) is 1.04. The maximum Gasteiger partial charge on any atom is 0.230 e. The number of hydrogen-bond acceptors (Lipinski definition) is 5. The van der Waals surface area contributed by atoms with E-state index in [-0.39, 0.29) is 5.91 Å². The molecule has 0 saturated heterocycles. The number of rotatable bonds is 4. The maximum absolute atomic E-state index is 11.0. The van der Waals surface area contributed by atoms with Gasteiger partial charge in [-0.1, -0.05) is 17.8 Å². The lowest BCUT2D eigenvalue weighted by Gasteiger charge is -1.94. The summed E-state index contributed by atoms with van der Waals surface area (Å²) in [6.45, 7) is 0. The number of aromatic amines is 1. The van der Waals surface area contributed by atoms with E-state index in [1.807, 2.05) is 17.5 Å². The van der Waals surface area contributed by atoms with Gasteiger partial charge in [0.05, 0.1) is 10.6 Å². The number of carbonyl (C=O) groups is 1. The average molecular weight is 254 g/mol. The van der Waals surface area contributed by atoms with E-state index in [9.17, 15) is 4.79 Å². The maximum atomic E-state index is 11.0. The molecule has 0 aliphatic rings. The minimum atomic E-state index is -0.0347. The van der Waals surface area contributed by atoms with Crippen molar-refractivity contribution in [3.8, 4) is 10.7 Å². The van der Waals surface area contributed by atoms with Gasteiger partial charge >= 0.3 is 0 Å². The largest absolute Gasteiger partial charge is 0.358 e. The molecule has 7 heteroatoms. The first-order valence-electron chi connectivity index (χ1n) is 4.59. The van der Waals surface area contributed by atoms with E-state index < -0.39 is 0 Å². The van der Waals surface area contributed by atoms with Crippen molar-refractivity contribution >= 4 is 29.0 Å². The van der Waals surface area contributed by atoms with Gasteiger partial charge in [0.25, 0.3) is 0 Å². The van der Waals surface area contributed by atoms with Crippen LogP contribution in [0.3, 0.4) is 0 Å². The lowest BCUT2D eigenvalue weighted by molar-refractivity contribution is -0.118. The third-order valence-electron chi connectivity index (χ3n) is 1.83. The van der Waals surface area contributed by atoms with Gasteiger partial charge in [-0.25, -0.2) is 4.98 Å². The van der Waals surface area contributed by atoms with Crippen molar-refractivity contribution in [3.05, 3.63) is 17.5 Å². The van der Waals surface area contributed by atoms with Gasteiger partial charge < -0.3 is 5.32 Å². The van der Waals surface area contributed by atoms with Crippen molar-refractivity contribution in [2.24, 2.45) is 0 Å². The molecule has 0 unspecified atom stereocenters. The minimum absolute atomic E-state index is 0.0347. The Morgan fingerprint density at radius 3 is 3.25 bits per heavy atom. The van der Waals surface area contributed by atoms with E-state index >= 15 is 0 Å². The third-order valence-corrected chi connectivity index (χ3v) is 3.55. The van der Waals surface area contributed by atoms with Gasteiger partial charge in [-0.3, -0.25) is 9.89 Å². The Kier molecular flexibility index (Phi) is 3.58. The van der Waals surface area contributed by atoms with Crippen LogP contribution in [-0.4, -0.2) is 33.9 Å². The smallest absolute Gasteiger partial charge is 0.230 e. The van der Waals surface area contributed by atoms with Crippen LogP contribution in [0.5, 0.6) is 0 Å². The van der Waals surface area contributed by atoms with Crippen LogP contribution < -0.4 is 5.32 Å². The van der Waals surface area contributed by atoms with Gasteiger partial charge in [-0.05, 0) is 11.4 Å². The van der Waals surface area contributed by atoms with E-state index in [0.29, 0.717) is 10.9 Å². The Morgan fingerprint density at radius 2 is 2.56 bits per heavy atom. The Balaban J connectivity index is 2.00. The van der Waals surface area contributed by atoms with Crippen LogP contribution in [0, 0.1) is 0 Å². The highest BCUT2D eigenvalue weighted by Gasteiger charge is 2.08. The lowest BCUT2D eigenvalue weighted by atomic mass is 10.4. The van der Waals surface area contributed by atoms with Crippen LogP contribution in [0.25, 0.3) is 10.7 Å². The van der Waals surface area contributed by atoms with E-state index in [0.717, 1.165) is 10.7 Å². The molecule has 2 N–H and O–H groups in total. The van der Waals surface area contributed by atoms with Crippen molar-refractivity contribution in [3.63, 3.8) is 0 Å². The molecule has 2 rings (SSSR count). The third kappa shape index (κ3) is 2.61. The molecule has 2 aromatic heterocycles. The molecular formula is C9H10N4OS2. The van der Waals surface area contributed by atoms with Gasteiger partial charge in [0.2, 0.25) is 11.1 Å². The van der Waals surface area contributed by atoms with Gasteiger partial charge in [-0.15, -0.1) is 16.4 Å². The molecule has 0 aliphatic heterocycles. The second kappa shape index (κ2) is 5.13. The molecule has 0 bridgehead atoms. The number of nitrogens with zero attached hydrogens (tertiary/aromatic N) is 2. The fourth-order valence-corrected chi connectivity index (χ4v) is 2.37. The fraction of sp³-hybridized carbons (Fsp3) is 0.222. The number of amides is 1. The number of nitrogens with one attached hydrogen (secondary N) is 2. The molecule has 2 aromatic rings. The number of thioether (sulfide) groups is 1. The van der Waals surface area contributed by atoms with E-state index in [1.54, 1.807) is 18.4 Å². The predicted octanol–water partition coefficient (Wildman–Crippen LogP) is 1.37. The first kappa shape index (κ1) is 11.2. The second-order valence-electron chi connectivity index (χ2n) is 2.91. The highest BCUT2D eigenvalue weighted by atomic mass is 32.2. The Hall–Kier alpha value is -1.34. The number of thiophene rings is 1. The molecule has 0 atom stereocenters. The van der Waals surface area contributed by atoms with Crippen molar-refractivity contribution in [1.82, 2.24) is 20.5 Å². The van der Waals surface area contributed by atoms with Gasteiger partial charge in [0.1, 0.15) is 0 Å². The first-order chi connectivity index (χ1) is 7.79. The van der Waals surface area contributed by atoms with E-state index in [1.165, 1.54) is 11.8 Å². The summed E-state index contributed by atoms with van der Waals surface area (Å²) in [6.07, 6.45) is 0. The summed E-state index contributed by atoms with van der Waals surface area (Å²) in [4.78, 5) is 16.4. The van der Waals surface area contributed by atoms with Crippen LogP contribution in [0.15, 0.2) is 22.7 Å². The molecule has 0 aliphatic carbocycles. The van der Waals surface area contributed by atoms with Crippen molar-refractivity contribution in [1.29, 1.82) is 0 Å². The summed E-state index contributed by atoms with van der Waals surface area (Å²) in [7, 11) is 1.61. The Labute approximate surface area is 101 Å². The van der Waals surface area contributed by atoms with Gasteiger partial charge in [0.15, 0.2) is 5.82 Å². The number of aromatic nitrogens is 3. The van der Waals surface area contributed by atoms with Gasteiger partial charge in [0, 0.05) is 7.05 Å². The predicted molar refractivity (Wildman–Crippen MR) is 64.5 cm³/mol. The zero-order chi connectivity index (χ0) is 11.4. The Morgan fingerprint density at radius 1 is 1.69 bits per heavy atom. The standard InChI is InChI=1S/C9H10N4OS2/c1-10-7(14)5-16-9-11-8(12-13-9)6-3-2-4-15-6/h2-4H,5H2,1H3,(H,10,14)(H,11,12,13). The summed E-state index contributed by atoms with van der Waals surface area (Å²) in [5, 5.41) is 12.0. The molecular weight excluding hydrogens is 244 g/mol.